The zero-order valence-electron chi connectivity index (χ0n) is 20.1. The summed E-state index contributed by atoms with van der Waals surface area (Å²) in [6.45, 7) is 6.84. The van der Waals surface area contributed by atoms with Gasteiger partial charge in [-0.05, 0) is 53.8 Å². The molecule has 1 aliphatic rings. The number of carbonyl (C=O) groups is 1. The summed E-state index contributed by atoms with van der Waals surface area (Å²) in [6.07, 6.45) is 0.927. The van der Waals surface area contributed by atoms with E-state index in [2.05, 4.69) is 26.8 Å². The van der Waals surface area contributed by atoms with Gasteiger partial charge in [-0.3, -0.25) is 0 Å². The van der Waals surface area contributed by atoms with E-state index >= 15 is 0 Å². The maximum absolute atomic E-state index is 12.7. The predicted molar refractivity (Wildman–Crippen MR) is 133 cm³/mol. The molecule has 1 heterocycles. The van der Waals surface area contributed by atoms with Crippen molar-refractivity contribution in [2.24, 2.45) is 11.7 Å². The molecule has 0 fully saturated rings. The molecule has 6 nitrogen and oxygen atoms in total. The number of nitrogens with two attached hydrogens (primary N) is 1. The Balaban J connectivity index is 1.56. The average molecular weight is 469 g/mol. The lowest BCUT2D eigenvalue weighted by Crippen LogP contribution is -2.21. The van der Waals surface area contributed by atoms with Crippen molar-refractivity contribution in [2.45, 2.75) is 33.1 Å². The molecule has 1 aliphatic heterocycles. The molecule has 3 aromatic rings. The number of esters is 1. The number of ether oxygens (including phenoxy) is 3. The van der Waals surface area contributed by atoms with Crippen LogP contribution in [-0.2, 0) is 6.42 Å². The number of hydrogen-bond donors (Lipinski definition) is 1. The number of fused-ring (bicyclic) bond motifs is 1. The molecule has 3 aromatic carbocycles. The number of benzene rings is 3. The molecule has 0 bridgehead atoms. The fourth-order valence-corrected chi connectivity index (χ4v) is 3.90. The van der Waals surface area contributed by atoms with Crippen LogP contribution in [0.5, 0.6) is 17.2 Å². The van der Waals surface area contributed by atoms with Gasteiger partial charge < -0.3 is 19.9 Å². The van der Waals surface area contributed by atoms with Gasteiger partial charge in [-0.2, -0.15) is 5.26 Å². The van der Waals surface area contributed by atoms with Crippen LogP contribution in [-0.4, -0.2) is 12.6 Å². The first-order chi connectivity index (χ1) is 16.9. The Bertz CT molecular complexity index is 1290. The quantitative estimate of drug-likeness (QED) is 0.352. The van der Waals surface area contributed by atoms with Gasteiger partial charge in [0.15, 0.2) is 0 Å². The van der Waals surface area contributed by atoms with E-state index in [9.17, 15) is 10.1 Å². The lowest BCUT2D eigenvalue weighted by atomic mass is 9.83. The van der Waals surface area contributed by atoms with Crippen molar-refractivity contribution in [1.29, 1.82) is 5.26 Å². The van der Waals surface area contributed by atoms with Gasteiger partial charge in [0.1, 0.15) is 28.9 Å². The smallest absolute Gasteiger partial charge is 0.343 e. The van der Waals surface area contributed by atoms with Gasteiger partial charge in [0.25, 0.3) is 0 Å². The first-order valence-corrected chi connectivity index (χ1v) is 11.6. The topological polar surface area (TPSA) is 94.6 Å². The summed E-state index contributed by atoms with van der Waals surface area (Å²) in [5, 5.41) is 9.75. The van der Waals surface area contributed by atoms with Crippen molar-refractivity contribution < 1.29 is 19.0 Å². The van der Waals surface area contributed by atoms with E-state index in [0.717, 1.165) is 17.5 Å². The van der Waals surface area contributed by atoms with Crippen LogP contribution in [0.25, 0.3) is 0 Å². The third kappa shape index (κ3) is 5.30. The highest BCUT2D eigenvalue weighted by Gasteiger charge is 2.31. The van der Waals surface area contributed by atoms with E-state index in [1.807, 2.05) is 30.3 Å². The van der Waals surface area contributed by atoms with Crippen molar-refractivity contribution >= 4 is 5.97 Å². The number of hydrogen-bond acceptors (Lipinski definition) is 6. The fourth-order valence-electron chi connectivity index (χ4n) is 3.90. The van der Waals surface area contributed by atoms with Crippen LogP contribution < -0.4 is 19.9 Å². The van der Waals surface area contributed by atoms with E-state index in [-0.39, 0.29) is 11.8 Å². The summed E-state index contributed by atoms with van der Waals surface area (Å²) in [7, 11) is 0. The fraction of sp³-hybridized carbons (Fsp3) is 0.241. The Morgan fingerprint density at radius 2 is 1.74 bits per heavy atom. The third-order valence-corrected chi connectivity index (χ3v) is 5.80. The molecular formula is C29H28N2O4. The Labute approximate surface area is 205 Å². The van der Waals surface area contributed by atoms with Crippen LogP contribution in [0.2, 0.25) is 0 Å². The number of aryl methyl sites for hydroxylation is 1. The van der Waals surface area contributed by atoms with Crippen LogP contribution in [0.1, 0.15) is 53.7 Å². The minimum atomic E-state index is -0.496. The molecule has 0 aliphatic carbocycles. The van der Waals surface area contributed by atoms with Gasteiger partial charge in [0, 0.05) is 11.6 Å². The average Bonchev–Trinajstić information content (AvgIpc) is 2.87. The maximum Gasteiger partial charge on any atom is 0.343 e. The Morgan fingerprint density at radius 1 is 1.06 bits per heavy atom. The number of nitrogens with zero attached hydrogens (tertiary/aromatic N) is 1. The lowest BCUT2D eigenvalue weighted by molar-refractivity contribution is 0.0734. The van der Waals surface area contributed by atoms with Gasteiger partial charge in [-0.25, -0.2) is 4.79 Å². The zero-order chi connectivity index (χ0) is 24.9. The van der Waals surface area contributed by atoms with E-state index in [1.165, 1.54) is 5.56 Å². The molecule has 178 valence electrons. The minimum absolute atomic E-state index is 0.0463. The van der Waals surface area contributed by atoms with Crippen LogP contribution in [0.4, 0.5) is 0 Å². The van der Waals surface area contributed by atoms with Gasteiger partial charge in [0.05, 0.1) is 18.1 Å². The van der Waals surface area contributed by atoms with E-state index in [0.29, 0.717) is 40.9 Å². The molecule has 0 saturated carbocycles. The largest absolute Gasteiger partial charge is 0.493 e. The van der Waals surface area contributed by atoms with E-state index < -0.39 is 5.97 Å². The molecule has 0 saturated heterocycles. The van der Waals surface area contributed by atoms with Crippen molar-refractivity contribution in [2.75, 3.05) is 6.61 Å². The Kier molecular flexibility index (Phi) is 7.07. The molecule has 35 heavy (non-hydrogen) atoms. The van der Waals surface area contributed by atoms with Crippen molar-refractivity contribution in [1.82, 2.24) is 0 Å². The van der Waals surface area contributed by atoms with Gasteiger partial charge in [0.2, 0.25) is 5.88 Å². The van der Waals surface area contributed by atoms with Gasteiger partial charge in [-0.15, -0.1) is 0 Å². The van der Waals surface area contributed by atoms with Crippen LogP contribution in [0, 0.1) is 17.2 Å². The molecule has 1 atom stereocenters. The Morgan fingerprint density at radius 3 is 2.37 bits per heavy atom. The summed E-state index contributed by atoms with van der Waals surface area (Å²) >= 11 is 0. The Hall–Kier alpha value is -4.24. The number of allylic oxidation sites excluding steroid dienone is 1. The highest BCUT2D eigenvalue weighted by molar-refractivity contribution is 5.91. The number of nitriles is 1. The third-order valence-electron chi connectivity index (χ3n) is 5.80. The molecular weight excluding hydrogens is 440 g/mol. The zero-order valence-corrected chi connectivity index (χ0v) is 20.1. The van der Waals surface area contributed by atoms with Gasteiger partial charge in [-0.1, -0.05) is 51.1 Å². The highest BCUT2D eigenvalue weighted by Crippen LogP contribution is 2.43. The van der Waals surface area contributed by atoms with E-state index in [1.54, 1.807) is 36.4 Å². The summed E-state index contributed by atoms with van der Waals surface area (Å²) in [4.78, 5) is 12.7. The first-order valence-electron chi connectivity index (χ1n) is 11.6. The predicted octanol–water partition coefficient (Wildman–Crippen LogP) is 5.72. The first kappa shape index (κ1) is 23.9. The van der Waals surface area contributed by atoms with Crippen LogP contribution >= 0.6 is 0 Å². The second kappa shape index (κ2) is 10.4. The molecule has 0 spiro atoms. The second-order valence-electron chi connectivity index (χ2n) is 8.84. The molecule has 0 radical (unpaired) electrons. The molecule has 1 unspecified atom stereocenters. The second-order valence-corrected chi connectivity index (χ2v) is 8.84. The molecule has 2 N–H and O–H groups in total. The summed E-state index contributed by atoms with van der Waals surface area (Å²) in [6, 6.07) is 22.3. The summed E-state index contributed by atoms with van der Waals surface area (Å²) < 4.78 is 17.0. The molecule has 4 rings (SSSR count). The van der Waals surface area contributed by atoms with Gasteiger partial charge >= 0.3 is 5.97 Å². The molecule has 0 aromatic heterocycles. The van der Waals surface area contributed by atoms with E-state index in [4.69, 9.17) is 19.9 Å². The highest BCUT2D eigenvalue weighted by atomic mass is 16.5. The van der Waals surface area contributed by atoms with Crippen LogP contribution in [0.15, 0.2) is 78.2 Å². The summed E-state index contributed by atoms with van der Waals surface area (Å²) in [5.41, 5.74) is 9.79. The maximum atomic E-state index is 12.7. The summed E-state index contributed by atoms with van der Waals surface area (Å²) in [5.74, 6) is 1.07. The van der Waals surface area contributed by atoms with Crippen molar-refractivity contribution in [3.8, 4) is 23.3 Å². The van der Waals surface area contributed by atoms with Crippen LogP contribution in [0.3, 0.4) is 0 Å². The van der Waals surface area contributed by atoms with Crippen molar-refractivity contribution in [3.63, 3.8) is 0 Å². The number of carbonyl (C=O) groups excluding carboxylic acids is 1. The number of rotatable bonds is 7. The molecule has 0 amide bonds. The van der Waals surface area contributed by atoms with Crippen molar-refractivity contribution in [3.05, 3.63) is 100 Å². The minimum Gasteiger partial charge on any atom is -0.493 e. The standard InChI is InChI=1S/C29H28N2O4/c1-4-19-5-7-20(8-6-19)27-24-14-13-23(15-26(24)35-28(31)25(27)16-30)34-29(32)21-9-11-22(12-10-21)33-17-18(2)3/h5-15,18,27H,4,17,31H2,1-3H3. The normalized spacial score (nSPS) is 14.7. The lowest BCUT2D eigenvalue weighted by Gasteiger charge is -2.26. The monoisotopic (exact) mass is 468 g/mol. The molecule has 6 heteroatoms. The SMILES string of the molecule is CCc1ccc(C2C(C#N)=C(N)Oc3cc(OC(=O)c4ccc(OCC(C)C)cc4)ccc32)cc1.